The van der Waals surface area contributed by atoms with Crippen molar-refractivity contribution in [2.45, 2.75) is 32.6 Å². The van der Waals surface area contributed by atoms with E-state index < -0.39 is 0 Å². The fourth-order valence-electron chi connectivity index (χ4n) is 3.23. The van der Waals surface area contributed by atoms with Crippen LogP contribution >= 0.6 is 0 Å². The highest BCUT2D eigenvalue weighted by Crippen LogP contribution is 2.21. The van der Waals surface area contributed by atoms with Gasteiger partial charge in [-0.2, -0.15) is 5.10 Å². The van der Waals surface area contributed by atoms with Gasteiger partial charge in [0.05, 0.1) is 11.3 Å². The van der Waals surface area contributed by atoms with Crippen LogP contribution in [0, 0.1) is 12.7 Å². The highest BCUT2D eigenvalue weighted by atomic mass is 19.1. The van der Waals surface area contributed by atoms with Crippen LogP contribution in [-0.4, -0.2) is 39.7 Å². The third kappa shape index (κ3) is 5.44. The van der Waals surface area contributed by atoms with E-state index >= 15 is 0 Å². The lowest BCUT2D eigenvalue weighted by molar-refractivity contribution is 0.0789. The molecule has 0 saturated carbocycles. The number of halogens is 1. The molecule has 2 N–H and O–H groups in total. The molecule has 6 heteroatoms. The van der Waals surface area contributed by atoms with Crippen LogP contribution < -0.4 is 0 Å². The van der Waals surface area contributed by atoms with E-state index in [0.29, 0.717) is 12.1 Å². The zero-order valence-corrected chi connectivity index (χ0v) is 16.8. The molecule has 152 valence electrons. The lowest BCUT2D eigenvalue weighted by Crippen LogP contribution is -2.27. The minimum absolute atomic E-state index is 0.0173. The lowest BCUT2D eigenvalue weighted by Gasteiger charge is -2.18. The average Bonchev–Trinajstić information content (AvgIpc) is 3.18. The predicted octanol–water partition coefficient (Wildman–Crippen LogP) is 4.71. The first-order valence-electron chi connectivity index (χ1n) is 9.79. The molecule has 5 nitrogen and oxygen atoms in total. The van der Waals surface area contributed by atoms with Crippen molar-refractivity contribution in [3.8, 4) is 17.0 Å². The van der Waals surface area contributed by atoms with E-state index in [-0.39, 0.29) is 17.5 Å². The maximum Gasteiger partial charge on any atom is 0.257 e. The number of phenols is 1. The van der Waals surface area contributed by atoms with E-state index in [1.165, 1.54) is 12.1 Å². The Kier molecular flexibility index (Phi) is 6.65. The first-order chi connectivity index (χ1) is 13.9. The van der Waals surface area contributed by atoms with Gasteiger partial charge in [0.15, 0.2) is 0 Å². The van der Waals surface area contributed by atoms with Gasteiger partial charge in [-0.25, -0.2) is 4.39 Å². The second-order valence-electron chi connectivity index (χ2n) is 7.34. The maximum atomic E-state index is 13.0. The fraction of sp³-hybridized carbons (Fsp3) is 0.304. The fourth-order valence-corrected chi connectivity index (χ4v) is 3.23. The number of phenolic OH excluding ortho intramolecular Hbond substituents is 1. The number of unbranched alkanes of at least 4 members (excludes halogenated alkanes) is 2. The summed E-state index contributed by atoms with van der Waals surface area (Å²) in [7, 11) is 1.76. The van der Waals surface area contributed by atoms with Crippen molar-refractivity contribution in [1.82, 2.24) is 15.1 Å². The summed E-state index contributed by atoms with van der Waals surface area (Å²) in [5.74, 6) is -0.405. The smallest absolute Gasteiger partial charge is 0.257 e. The van der Waals surface area contributed by atoms with Crippen LogP contribution in [0.4, 0.5) is 4.39 Å². The molecule has 0 saturated heterocycles. The Hall–Kier alpha value is -3.15. The molecule has 0 atom stereocenters. The van der Waals surface area contributed by atoms with Crippen LogP contribution in [0.1, 0.15) is 40.9 Å². The first-order valence-corrected chi connectivity index (χ1v) is 9.79. The Morgan fingerprint density at radius 2 is 1.86 bits per heavy atom. The molecule has 0 unspecified atom stereocenters. The van der Waals surface area contributed by atoms with Crippen LogP contribution in [0.2, 0.25) is 0 Å². The summed E-state index contributed by atoms with van der Waals surface area (Å²) in [5.41, 5.74) is 4.02. The van der Waals surface area contributed by atoms with E-state index in [0.717, 1.165) is 48.2 Å². The minimum atomic E-state index is -0.259. The SMILES string of the molecule is Cc1ccc(O)c(C(=O)N(C)CCCCCc2cc(-c3ccc(F)cc3)n[nH]2)c1. The number of hydrogen-bond donors (Lipinski definition) is 2. The Balaban J connectivity index is 1.42. The Labute approximate surface area is 170 Å². The molecule has 0 fully saturated rings. The van der Waals surface area contributed by atoms with Gasteiger partial charge in [0.2, 0.25) is 0 Å². The van der Waals surface area contributed by atoms with Crippen molar-refractivity contribution in [3.63, 3.8) is 0 Å². The summed E-state index contributed by atoms with van der Waals surface area (Å²) in [6.07, 6.45) is 3.70. The van der Waals surface area contributed by atoms with Gasteiger partial charge in [-0.05, 0) is 68.7 Å². The Morgan fingerprint density at radius 1 is 1.10 bits per heavy atom. The number of aromatic amines is 1. The summed E-state index contributed by atoms with van der Waals surface area (Å²) in [6.45, 7) is 2.53. The molecule has 0 aliphatic heterocycles. The van der Waals surface area contributed by atoms with Gasteiger partial charge < -0.3 is 10.0 Å². The van der Waals surface area contributed by atoms with Gasteiger partial charge in [-0.1, -0.05) is 18.1 Å². The number of amides is 1. The Morgan fingerprint density at radius 3 is 2.62 bits per heavy atom. The van der Waals surface area contributed by atoms with Crippen LogP contribution in [0.5, 0.6) is 5.75 Å². The van der Waals surface area contributed by atoms with E-state index in [2.05, 4.69) is 10.2 Å². The maximum absolute atomic E-state index is 13.0. The first kappa shape index (κ1) is 20.6. The normalized spacial score (nSPS) is 10.9. The van der Waals surface area contributed by atoms with E-state index in [4.69, 9.17) is 0 Å². The number of aromatic nitrogens is 2. The largest absolute Gasteiger partial charge is 0.507 e. The van der Waals surface area contributed by atoms with Crippen molar-refractivity contribution in [2.75, 3.05) is 13.6 Å². The number of carbonyl (C=O) groups is 1. The van der Waals surface area contributed by atoms with Crippen LogP contribution in [-0.2, 0) is 6.42 Å². The predicted molar refractivity (Wildman–Crippen MR) is 111 cm³/mol. The van der Waals surface area contributed by atoms with E-state index in [1.807, 2.05) is 13.0 Å². The molecule has 3 aromatic rings. The van der Waals surface area contributed by atoms with Crippen molar-refractivity contribution in [3.05, 3.63) is 71.2 Å². The summed E-state index contributed by atoms with van der Waals surface area (Å²) >= 11 is 0. The molecular weight excluding hydrogens is 369 g/mol. The van der Waals surface area contributed by atoms with Gasteiger partial charge in [0, 0.05) is 24.8 Å². The van der Waals surface area contributed by atoms with Crippen LogP contribution in [0.3, 0.4) is 0 Å². The van der Waals surface area contributed by atoms with Crippen molar-refractivity contribution in [1.29, 1.82) is 0 Å². The van der Waals surface area contributed by atoms with Crippen LogP contribution in [0.15, 0.2) is 48.5 Å². The molecule has 29 heavy (non-hydrogen) atoms. The highest BCUT2D eigenvalue weighted by Gasteiger charge is 2.15. The highest BCUT2D eigenvalue weighted by molar-refractivity contribution is 5.96. The number of nitrogens with one attached hydrogen (secondary N) is 1. The minimum Gasteiger partial charge on any atom is -0.507 e. The quantitative estimate of drug-likeness (QED) is 0.543. The molecule has 3 rings (SSSR count). The molecule has 1 amide bonds. The lowest BCUT2D eigenvalue weighted by atomic mass is 10.1. The Bertz CT molecular complexity index is 967. The monoisotopic (exact) mass is 395 g/mol. The molecule has 0 spiro atoms. The van der Waals surface area contributed by atoms with Gasteiger partial charge >= 0.3 is 0 Å². The molecule has 1 aromatic heterocycles. The van der Waals surface area contributed by atoms with Gasteiger partial charge in [0.25, 0.3) is 5.91 Å². The third-order valence-corrected chi connectivity index (χ3v) is 4.94. The van der Waals surface area contributed by atoms with Gasteiger partial charge in [-0.3, -0.25) is 9.89 Å². The van der Waals surface area contributed by atoms with Crippen molar-refractivity contribution < 1.29 is 14.3 Å². The summed E-state index contributed by atoms with van der Waals surface area (Å²) in [6, 6.07) is 13.3. The third-order valence-electron chi connectivity index (χ3n) is 4.94. The van der Waals surface area contributed by atoms with Gasteiger partial charge in [-0.15, -0.1) is 0 Å². The van der Waals surface area contributed by atoms with E-state index in [1.54, 1.807) is 42.3 Å². The number of hydrogen-bond acceptors (Lipinski definition) is 3. The van der Waals surface area contributed by atoms with Gasteiger partial charge in [0.1, 0.15) is 11.6 Å². The average molecular weight is 395 g/mol. The topological polar surface area (TPSA) is 69.2 Å². The number of aromatic hydroxyl groups is 1. The number of benzene rings is 2. The number of carbonyl (C=O) groups excluding carboxylic acids is 1. The number of rotatable bonds is 8. The molecule has 0 bridgehead atoms. The summed E-state index contributed by atoms with van der Waals surface area (Å²) in [4.78, 5) is 14.1. The molecule has 2 aromatic carbocycles. The second kappa shape index (κ2) is 9.37. The van der Waals surface area contributed by atoms with Crippen LogP contribution in [0.25, 0.3) is 11.3 Å². The zero-order valence-electron chi connectivity index (χ0n) is 16.8. The standard InChI is InChI=1S/C23H26FN3O2/c1-16-7-12-22(28)20(14-16)23(29)27(2)13-5-3-4-6-19-15-21(26-25-19)17-8-10-18(24)11-9-17/h7-12,14-15,28H,3-6,13H2,1-2H3,(H,25,26). The van der Waals surface area contributed by atoms with Crippen molar-refractivity contribution in [2.24, 2.45) is 0 Å². The number of nitrogens with zero attached hydrogens (tertiary/aromatic N) is 2. The second-order valence-corrected chi connectivity index (χ2v) is 7.34. The van der Waals surface area contributed by atoms with Crippen molar-refractivity contribution >= 4 is 5.91 Å². The summed E-state index contributed by atoms with van der Waals surface area (Å²) in [5, 5.41) is 17.2. The molecule has 0 radical (unpaired) electrons. The molecule has 1 heterocycles. The summed E-state index contributed by atoms with van der Waals surface area (Å²) < 4.78 is 13.0. The number of H-pyrrole nitrogens is 1. The zero-order chi connectivity index (χ0) is 20.8. The molecule has 0 aliphatic carbocycles. The number of aryl methyl sites for hydroxylation is 2. The molecule has 0 aliphatic rings. The van der Waals surface area contributed by atoms with E-state index in [9.17, 15) is 14.3 Å². The molecular formula is C23H26FN3O2.